The van der Waals surface area contributed by atoms with Crippen LogP contribution in [0.3, 0.4) is 0 Å². The zero-order valence-corrected chi connectivity index (χ0v) is 19.2. The van der Waals surface area contributed by atoms with E-state index in [0.29, 0.717) is 22.7 Å². The predicted octanol–water partition coefficient (Wildman–Crippen LogP) is 4.01. The normalized spacial score (nSPS) is 15.1. The molecule has 0 saturated carbocycles. The Hall–Kier alpha value is -3.20. The van der Waals surface area contributed by atoms with Crippen molar-refractivity contribution < 1.29 is 12.8 Å². The summed E-state index contributed by atoms with van der Waals surface area (Å²) in [6.07, 6.45) is 0. The highest BCUT2D eigenvalue weighted by Crippen LogP contribution is 2.32. The van der Waals surface area contributed by atoms with E-state index < -0.39 is 10.0 Å². The van der Waals surface area contributed by atoms with Crippen LogP contribution in [0.5, 0.6) is 0 Å². The Morgan fingerprint density at radius 2 is 1.79 bits per heavy atom. The van der Waals surface area contributed by atoms with E-state index in [1.54, 1.807) is 42.5 Å². The fourth-order valence-corrected chi connectivity index (χ4v) is 5.07. The second-order valence-electron chi connectivity index (χ2n) is 8.31. The number of anilines is 1. The summed E-state index contributed by atoms with van der Waals surface area (Å²) in [5, 5.41) is 3.37. The van der Waals surface area contributed by atoms with Gasteiger partial charge in [0.1, 0.15) is 5.52 Å². The van der Waals surface area contributed by atoms with Crippen LogP contribution in [-0.2, 0) is 16.6 Å². The molecule has 1 saturated heterocycles. The molecule has 4 aromatic rings. The third-order valence-electron chi connectivity index (χ3n) is 5.80. The summed E-state index contributed by atoms with van der Waals surface area (Å²) in [5.41, 5.74) is 4.61. The fraction of sp³-hybridized carbons (Fsp3) is 0.240. The first-order valence-electron chi connectivity index (χ1n) is 11.0. The van der Waals surface area contributed by atoms with Crippen molar-refractivity contribution in [3.05, 3.63) is 77.9 Å². The van der Waals surface area contributed by atoms with E-state index in [-0.39, 0.29) is 4.90 Å². The van der Waals surface area contributed by atoms with Gasteiger partial charge in [0, 0.05) is 32.7 Å². The third-order valence-corrected chi connectivity index (χ3v) is 7.18. The minimum Gasteiger partial charge on any atom is -0.436 e. The molecule has 0 radical (unpaired) electrons. The average Bonchev–Trinajstić information content (AvgIpc) is 3.23. The zero-order valence-electron chi connectivity index (χ0n) is 18.4. The molecule has 2 N–H and O–H groups in total. The van der Waals surface area contributed by atoms with Crippen molar-refractivity contribution in [1.82, 2.24) is 15.2 Å². The molecule has 2 heterocycles. The molecule has 3 aromatic carbocycles. The standard InChI is InChI=1S/C25H26N4O3S/c1-18-6-9-20(10-7-18)33(30,31)28-22-5-3-2-4-21(22)25-27-23-11-8-19(16-24(23)32-25)17-29-14-12-26-13-15-29/h2-11,16,26,28H,12-15,17H2,1H3. The molecule has 7 nitrogen and oxygen atoms in total. The Kier molecular flexibility index (Phi) is 5.88. The van der Waals surface area contributed by atoms with Gasteiger partial charge in [0.05, 0.1) is 16.1 Å². The number of piperazine rings is 1. The molecule has 1 aliphatic rings. The number of hydrogen-bond donors (Lipinski definition) is 2. The number of aromatic nitrogens is 1. The van der Waals surface area contributed by atoms with Gasteiger partial charge in [0.25, 0.3) is 10.0 Å². The van der Waals surface area contributed by atoms with E-state index in [1.807, 2.05) is 25.1 Å². The van der Waals surface area contributed by atoms with Crippen LogP contribution in [0.1, 0.15) is 11.1 Å². The maximum absolute atomic E-state index is 12.9. The summed E-state index contributed by atoms with van der Waals surface area (Å²) in [6.45, 7) is 6.83. The van der Waals surface area contributed by atoms with E-state index in [1.165, 1.54) is 5.56 Å². The van der Waals surface area contributed by atoms with Crippen molar-refractivity contribution in [1.29, 1.82) is 0 Å². The molecule has 8 heteroatoms. The number of rotatable bonds is 6. The van der Waals surface area contributed by atoms with Crippen LogP contribution in [0.25, 0.3) is 22.6 Å². The summed E-state index contributed by atoms with van der Waals surface area (Å²) >= 11 is 0. The molecule has 0 bridgehead atoms. The summed E-state index contributed by atoms with van der Waals surface area (Å²) < 4.78 is 34.6. The molecule has 1 aromatic heterocycles. The van der Waals surface area contributed by atoms with Crippen LogP contribution < -0.4 is 10.0 Å². The van der Waals surface area contributed by atoms with E-state index in [0.717, 1.165) is 43.8 Å². The third kappa shape index (κ3) is 4.78. The van der Waals surface area contributed by atoms with Crippen LogP contribution in [0.15, 0.2) is 76.0 Å². The Bertz CT molecular complexity index is 1370. The van der Waals surface area contributed by atoms with Crippen molar-refractivity contribution >= 4 is 26.8 Å². The van der Waals surface area contributed by atoms with Crippen molar-refractivity contribution in [3.63, 3.8) is 0 Å². The SMILES string of the molecule is Cc1ccc(S(=O)(=O)Nc2ccccc2-c2nc3ccc(CN4CCNCC4)cc3o2)cc1. The summed E-state index contributed by atoms with van der Waals surface area (Å²) in [5.74, 6) is 0.381. The zero-order chi connectivity index (χ0) is 22.8. The van der Waals surface area contributed by atoms with Gasteiger partial charge in [0.15, 0.2) is 5.58 Å². The molecule has 170 valence electrons. The predicted molar refractivity (Wildman–Crippen MR) is 130 cm³/mol. The minimum absolute atomic E-state index is 0.207. The number of hydrogen-bond acceptors (Lipinski definition) is 6. The second-order valence-corrected chi connectivity index (χ2v) is 9.99. The number of benzene rings is 3. The van der Waals surface area contributed by atoms with Gasteiger partial charge in [0.2, 0.25) is 5.89 Å². The smallest absolute Gasteiger partial charge is 0.261 e. The highest BCUT2D eigenvalue weighted by molar-refractivity contribution is 7.92. The van der Waals surface area contributed by atoms with Gasteiger partial charge in [-0.25, -0.2) is 13.4 Å². The van der Waals surface area contributed by atoms with Crippen LogP contribution in [0.4, 0.5) is 5.69 Å². The summed E-state index contributed by atoms with van der Waals surface area (Å²) in [7, 11) is -3.74. The lowest BCUT2D eigenvalue weighted by atomic mass is 10.2. The number of para-hydroxylation sites is 1. The second kappa shape index (κ2) is 8.97. The topological polar surface area (TPSA) is 87.5 Å². The number of fused-ring (bicyclic) bond motifs is 1. The van der Waals surface area contributed by atoms with Crippen molar-refractivity contribution in [3.8, 4) is 11.5 Å². The highest BCUT2D eigenvalue weighted by Gasteiger charge is 2.19. The van der Waals surface area contributed by atoms with E-state index in [4.69, 9.17) is 4.42 Å². The minimum atomic E-state index is -3.74. The Morgan fingerprint density at radius 3 is 2.58 bits per heavy atom. The number of nitrogens with zero attached hydrogens (tertiary/aromatic N) is 2. The Labute approximate surface area is 193 Å². The Balaban J connectivity index is 1.43. The fourth-order valence-electron chi connectivity index (χ4n) is 3.99. The summed E-state index contributed by atoms with van der Waals surface area (Å²) in [6, 6.07) is 19.9. The molecule has 5 rings (SSSR count). The largest absolute Gasteiger partial charge is 0.436 e. The molecule has 0 spiro atoms. The number of oxazole rings is 1. The van der Waals surface area contributed by atoms with Gasteiger partial charge < -0.3 is 9.73 Å². The lowest BCUT2D eigenvalue weighted by Crippen LogP contribution is -2.42. The number of nitrogens with one attached hydrogen (secondary N) is 2. The highest BCUT2D eigenvalue weighted by atomic mass is 32.2. The van der Waals surface area contributed by atoms with Crippen molar-refractivity contribution in [2.75, 3.05) is 30.9 Å². The van der Waals surface area contributed by atoms with E-state index in [2.05, 4.69) is 26.0 Å². The van der Waals surface area contributed by atoms with Gasteiger partial charge in [-0.05, 0) is 48.9 Å². The molecule has 0 aliphatic carbocycles. The van der Waals surface area contributed by atoms with Gasteiger partial charge >= 0.3 is 0 Å². The number of sulfonamides is 1. The summed E-state index contributed by atoms with van der Waals surface area (Å²) in [4.78, 5) is 7.23. The Morgan fingerprint density at radius 1 is 1.03 bits per heavy atom. The van der Waals surface area contributed by atoms with Gasteiger partial charge in [-0.2, -0.15) is 0 Å². The lowest BCUT2D eigenvalue weighted by Gasteiger charge is -2.27. The lowest BCUT2D eigenvalue weighted by molar-refractivity contribution is 0.233. The quantitative estimate of drug-likeness (QED) is 0.450. The van der Waals surface area contributed by atoms with Crippen LogP contribution in [0.2, 0.25) is 0 Å². The van der Waals surface area contributed by atoms with E-state index in [9.17, 15) is 8.42 Å². The van der Waals surface area contributed by atoms with Crippen LogP contribution >= 0.6 is 0 Å². The monoisotopic (exact) mass is 462 g/mol. The molecule has 1 aliphatic heterocycles. The number of aryl methyl sites for hydroxylation is 1. The average molecular weight is 463 g/mol. The first-order valence-corrected chi connectivity index (χ1v) is 12.5. The molecule has 0 atom stereocenters. The van der Waals surface area contributed by atoms with Crippen molar-refractivity contribution in [2.45, 2.75) is 18.4 Å². The van der Waals surface area contributed by atoms with Gasteiger partial charge in [-0.3, -0.25) is 9.62 Å². The van der Waals surface area contributed by atoms with Gasteiger partial charge in [-0.1, -0.05) is 35.9 Å². The van der Waals surface area contributed by atoms with Gasteiger partial charge in [-0.15, -0.1) is 0 Å². The molecule has 0 amide bonds. The first-order chi connectivity index (χ1) is 16.0. The molecule has 33 heavy (non-hydrogen) atoms. The van der Waals surface area contributed by atoms with E-state index >= 15 is 0 Å². The first kappa shape index (κ1) is 21.6. The molecule has 1 fully saturated rings. The van der Waals surface area contributed by atoms with Crippen molar-refractivity contribution in [2.24, 2.45) is 0 Å². The molecular formula is C25H26N4O3S. The maximum Gasteiger partial charge on any atom is 0.261 e. The molecular weight excluding hydrogens is 436 g/mol. The molecule has 0 unspecified atom stereocenters. The maximum atomic E-state index is 12.9. The van der Waals surface area contributed by atoms with Crippen LogP contribution in [-0.4, -0.2) is 44.5 Å². The van der Waals surface area contributed by atoms with Crippen LogP contribution in [0, 0.1) is 6.92 Å².